The van der Waals surface area contributed by atoms with Gasteiger partial charge in [-0.25, -0.2) is 4.79 Å². The van der Waals surface area contributed by atoms with E-state index in [1.54, 1.807) is 13.2 Å². The molecule has 0 radical (unpaired) electrons. The lowest BCUT2D eigenvalue weighted by Crippen LogP contribution is -2.61. The number of nitrogens with zero attached hydrogens (tertiary/aromatic N) is 1. The van der Waals surface area contributed by atoms with Crippen LogP contribution < -0.4 is 70.8 Å². The van der Waals surface area contributed by atoms with Gasteiger partial charge in [0.1, 0.15) is 54.4 Å². The summed E-state index contributed by atoms with van der Waals surface area (Å²) in [6.07, 6.45) is -1.61. The Balaban J connectivity index is 6.71. The third-order valence-corrected chi connectivity index (χ3v) is 12.9. The molecule has 436 valence electrons. The summed E-state index contributed by atoms with van der Waals surface area (Å²) >= 11 is 13.2. The molecule has 0 spiro atoms. The second kappa shape index (κ2) is 37.5. The number of aliphatic carboxylic acids is 3. The Morgan fingerprint density at radius 2 is 0.935 bits per heavy atom. The molecule has 77 heavy (non-hydrogen) atoms. The van der Waals surface area contributed by atoms with Gasteiger partial charge in [-0.05, 0) is 57.0 Å². The second-order valence-electron chi connectivity index (χ2n) is 17.3. The number of hydrogen-bond acceptors (Lipinski definition) is 19. The topological polar surface area (TPSA) is 507 Å². The van der Waals surface area contributed by atoms with Crippen molar-refractivity contribution in [3.8, 4) is 0 Å². The number of carbonyl (C=O) groups excluding carboxylic acids is 10. The monoisotopic (exact) mass is 1170 g/mol. The van der Waals surface area contributed by atoms with Crippen LogP contribution in [0.2, 0.25) is 0 Å². The van der Waals surface area contributed by atoms with E-state index in [2.05, 4.69) is 90.7 Å². The molecule has 0 aliphatic rings. The van der Waals surface area contributed by atoms with E-state index in [1.165, 1.54) is 25.6 Å². The van der Waals surface area contributed by atoms with Crippen molar-refractivity contribution in [2.45, 2.75) is 139 Å². The number of carbonyl (C=O) groups is 13. The first-order chi connectivity index (χ1) is 36.1. The Morgan fingerprint density at radius 1 is 0.519 bits per heavy atom. The van der Waals surface area contributed by atoms with Gasteiger partial charge < -0.3 is 86.1 Å². The molecule has 0 fully saturated rings. The Kier molecular flexibility index (Phi) is 34.5. The van der Waals surface area contributed by atoms with Gasteiger partial charge in [-0.2, -0.15) is 49.6 Å². The van der Waals surface area contributed by atoms with E-state index in [9.17, 15) is 77.6 Å². The fourth-order valence-corrected chi connectivity index (χ4v) is 7.63. The SMILES string of the molecule is CC[C@H](C)[C@H](NC(=O)[C@H](CCC(=O)O)NC(=O)[C@H](CCCN=C(N)N)NC(=O)[C@H](CC(N)=O)NC(=O)[C@@H](N)CS)C(=O)N[C@@H](CCC(=O)O)C(=O)N[C@@H](C)C(=O)N[C@@H](CCSC)C(=O)N[C@@H](CS)C(=O)N[C@@H](CS)C(=O)O. The van der Waals surface area contributed by atoms with E-state index in [0.29, 0.717) is 5.75 Å². The first-order valence-electron chi connectivity index (χ1n) is 23.9. The molecular formula is C43H74N14O16S4. The number of carboxylic acids is 3. The zero-order valence-corrected chi connectivity index (χ0v) is 46.4. The molecule has 11 atom stereocenters. The third-order valence-electron chi connectivity index (χ3n) is 11.1. The normalized spacial score (nSPS) is 15.2. The van der Waals surface area contributed by atoms with Crippen LogP contribution in [0.1, 0.15) is 78.6 Å². The van der Waals surface area contributed by atoms with Gasteiger partial charge in [-0.3, -0.25) is 62.5 Å². The Bertz CT molecular complexity index is 2110. The van der Waals surface area contributed by atoms with Gasteiger partial charge >= 0.3 is 17.9 Å². The Hall–Kier alpha value is -6.26. The Labute approximate surface area is 464 Å². The number of amides is 10. The van der Waals surface area contributed by atoms with Gasteiger partial charge in [0.05, 0.1) is 12.5 Å². The molecule has 0 aromatic carbocycles. The van der Waals surface area contributed by atoms with Crippen LogP contribution in [-0.4, -0.2) is 194 Å². The highest BCUT2D eigenvalue weighted by atomic mass is 32.2. The maximum Gasteiger partial charge on any atom is 0.327 e. The van der Waals surface area contributed by atoms with E-state index < -0.39 is 175 Å². The molecule has 0 aromatic rings. The number of thioether (sulfide) groups is 1. The fourth-order valence-electron chi connectivity index (χ4n) is 6.48. The van der Waals surface area contributed by atoms with Gasteiger partial charge in [0, 0.05) is 36.6 Å². The molecule has 0 aliphatic heterocycles. The minimum atomic E-state index is -1.74. The van der Waals surface area contributed by atoms with Crippen LogP contribution in [0.4, 0.5) is 0 Å². The van der Waals surface area contributed by atoms with Crippen LogP contribution in [0.15, 0.2) is 4.99 Å². The lowest BCUT2D eigenvalue weighted by atomic mass is 9.96. The first kappa shape index (κ1) is 70.7. The van der Waals surface area contributed by atoms with Gasteiger partial charge in [0.2, 0.25) is 59.1 Å². The largest absolute Gasteiger partial charge is 0.481 e. The number of nitrogens with two attached hydrogens (primary N) is 4. The molecule has 0 saturated heterocycles. The van der Waals surface area contributed by atoms with Crippen LogP contribution in [0, 0.1) is 5.92 Å². The lowest BCUT2D eigenvalue weighted by Gasteiger charge is -2.29. The van der Waals surface area contributed by atoms with Crippen molar-refractivity contribution in [1.29, 1.82) is 0 Å². The van der Waals surface area contributed by atoms with Crippen LogP contribution >= 0.6 is 49.6 Å². The Morgan fingerprint density at radius 3 is 1.39 bits per heavy atom. The van der Waals surface area contributed by atoms with E-state index in [0.717, 1.165) is 0 Å². The molecule has 30 nitrogen and oxygen atoms in total. The molecule has 20 N–H and O–H groups in total. The van der Waals surface area contributed by atoms with E-state index >= 15 is 0 Å². The summed E-state index contributed by atoms with van der Waals surface area (Å²) in [5.41, 5.74) is 21.8. The molecule has 34 heteroatoms. The number of aliphatic imine (C=N–C) groups is 1. The summed E-state index contributed by atoms with van der Waals surface area (Å²) in [6, 6.07) is -14.9. The van der Waals surface area contributed by atoms with Crippen LogP contribution in [-0.2, 0) is 62.3 Å². The molecule has 0 aromatic heterocycles. The van der Waals surface area contributed by atoms with Crippen molar-refractivity contribution in [3.05, 3.63) is 0 Å². The minimum Gasteiger partial charge on any atom is -0.481 e. The molecule has 0 heterocycles. The van der Waals surface area contributed by atoms with Crippen molar-refractivity contribution in [2.75, 3.05) is 35.8 Å². The fraction of sp³-hybridized carbons (Fsp3) is 0.674. The summed E-state index contributed by atoms with van der Waals surface area (Å²) in [4.78, 5) is 172. The molecule has 10 amide bonds. The van der Waals surface area contributed by atoms with Gasteiger partial charge in [0.15, 0.2) is 5.96 Å². The van der Waals surface area contributed by atoms with Crippen LogP contribution in [0.25, 0.3) is 0 Å². The highest BCUT2D eigenvalue weighted by Crippen LogP contribution is 2.13. The molecule has 0 rings (SSSR count). The van der Waals surface area contributed by atoms with E-state index in [4.69, 9.17) is 22.9 Å². The standard InChI is InChI=1S/C43H74N14O16S4/c1-5-19(2)32(57-38(68)24(9-11-31(61)62)52-36(66)22(7-6-13-48-43(46)47)51-39(69)26(15-29(45)58)54-34(64)21(44)16-74)41(71)53-23(8-10-30(59)60)35(65)49-20(3)33(63)50-25(12-14-77-4)37(67)55-27(17-75)40(70)56-28(18-76)42(72)73/h19-28,32,74-76H,5-18,44H2,1-4H3,(H2,45,58)(H,49,65)(H,50,63)(H,51,69)(H,52,66)(H,53,71)(H,54,64)(H,55,67)(H,56,70)(H,57,68)(H,59,60)(H,61,62)(H,72,73)(H4,46,47,48)/t19-,20-,21-,22-,23-,24-,25-,26-,27-,28-,32-/m0/s1. The van der Waals surface area contributed by atoms with E-state index in [1.807, 2.05) is 0 Å². The predicted molar refractivity (Wildman–Crippen MR) is 290 cm³/mol. The molecule has 0 unspecified atom stereocenters. The number of primary amides is 1. The lowest BCUT2D eigenvalue weighted by molar-refractivity contribution is -0.141. The summed E-state index contributed by atoms with van der Waals surface area (Å²) in [5, 5.41) is 49.7. The summed E-state index contributed by atoms with van der Waals surface area (Å²) in [5.74, 6) is -15.6. The van der Waals surface area contributed by atoms with Gasteiger partial charge in [-0.15, -0.1) is 0 Å². The van der Waals surface area contributed by atoms with Crippen molar-refractivity contribution < 1.29 is 77.6 Å². The summed E-state index contributed by atoms with van der Waals surface area (Å²) < 4.78 is 0. The smallest absolute Gasteiger partial charge is 0.327 e. The quantitative estimate of drug-likeness (QED) is 0.0118. The maximum absolute atomic E-state index is 14.1. The zero-order valence-electron chi connectivity index (χ0n) is 42.9. The maximum atomic E-state index is 14.1. The highest BCUT2D eigenvalue weighted by molar-refractivity contribution is 7.98. The summed E-state index contributed by atoms with van der Waals surface area (Å²) in [6.45, 7) is 4.29. The molecule has 0 bridgehead atoms. The summed E-state index contributed by atoms with van der Waals surface area (Å²) in [7, 11) is 0. The van der Waals surface area contributed by atoms with Crippen LogP contribution in [0.5, 0.6) is 0 Å². The average molecular weight is 1170 g/mol. The molecule has 0 aliphatic carbocycles. The third kappa shape index (κ3) is 28.1. The average Bonchev–Trinajstić information content (AvgIpc) is 3.36. The van der Waals surface area contributed by atoms with Gasteiger partial charge in [0.25, 0.3) is 0 Å². The number of guanidine groups is 1. The van der Waals surface area contributed by atoms with Crippen molar-refractivity contribution in [1.82, 2.24) is 47.9 Å². The number of thiol groups is 3. The second-order valence-corrected chi connectivity index (χ2v) is 19.4. The van der Waals surface area contributed by atoms with Crippen molar-refractivity contribution >= 4 is 133 Å². The zero-order chi connectivity index (χ0) is 59.1. The highest BCUT2D eigenvalue weighted by Gasteiger charge is 2.36. The first-order valence-corrected chi connectivity index (χ1v) is 27.2. The number of nitrogens with one attached hydrogen (secondary N) is 9. The van der Waals surface area contributed by atoms with Crippen LogP contribution in [0.3, 0.4) is 0 Å². The molecular weight excluding hydrogens is 1100 g/mol. The number of rotatable bonds is 39. The van der Waals surface area contributed by atoms with Crippen molar-refractivity contribution in [3.63, 3.8) is 0 Å². The van der Waals surface area contributed by atoms with E-state index in [-0.39, 0.29) is 55.4 Å². The number of carboxylic acid groups (broad SMARTS) is 3. The minimum absolute atomic E-state index is 0.0142. The van der Waals surface area contributed by atoms with Gasteiger partial charge in [-0.1, -0.05) is 20.3 Å². The van der Waals surface area contributed by atoms with Crippen molar-refractivity contribution in [2.24, 2.45) is 33.8 Å². The molecule has 0 saturated carbocycles. The number of hydrogen-bond donors (Lipinski definition) is 19. The predicted octanol–water partition coefficient (Wildman–Crippen LogP) is -5.97.